The highest BCUT2D eigenvalue weighted by atomic mass is 15.1. The van der Waals surface area contributed by atoms with Crippen molar-refractivity contribution in [1.82, 2.24) is 14.9 Å². The summed E-state index contributed by atoms with van der Waals surface area (Å²) < 4.78 is 2.20. The highest BCUT2D eigenvalue weighted by molar-refractivity contribution is 5.58. The second-order valence-electron chi connectivity index (χ2n) is 5.70. The average Bonchev–Trinajstić information content (AvgIpc) is 3.09. The van der Waals surface area contributed by atoms with Crippen molar-refractivity contribution in [3.63, 3.8) is 0 Å². The van der Waals surface area contributed by atoms with Crippen LogP contribution in [0.25, 0.3) is 5.69 Å². The Hall–Kier alpha value is -1.81. The Labute approximate surface area is 120 Å². The molecule has 1 saturated heterocycles. The topological polar surface area (TPSA) is 33.1 Å². The van der Waals surface area contributed by atoms with Crippen molar-refractivity contribution in [2.75, 3.05) is 25.5 Å². The normalized spacial score (nSPS) is 18.4. The molecule has 1 fully saturated rings. The van der Waals surface area contributed by atoms with Crippen molar-refractivity contribution in [2.24, 2.45) is 0 Å². The lowest BCUT2D eigenvalue weighted by Crippen LogP contribution is -2.16. The molecule has 20 heavy (non-hydrogen) atoms. The largest absolute Gasteiger partial charge is 0.377 e. The van der Waals surface area contributed by atoms with Crippen LogP contribution >= 0.6 is 0 Å². The maximum atomic E-state index is 4.35. The van der Waals surface area contributed by atoms with Gasteiger partial charge in [-0.3, -0.25) is 0 Å². The van der Waals surface area contributed by atoms with Gasteiger partial charge in [0.2, 0.25) is 0 Å². The molecule has 0 spiro atoms. The fraction of sp³-hybridized carbons (Fsp3) is 0.438. The monoisotopic (exact) mass is 270 g/mol. The van der Waals surface area contributed by atoms with Crippen LogP contribution in [0.4, 0.5) is 5.69 Å². The number of nitrogens with zero attached hydrogens (tertiary/aromatic N) is 3. The average molecular weight is 270 g/mol. The summed E-state index contributed by atoms with van der Waals surface area (Å²) >= 11 is 0. The van der Waals surface area contributed by atoms with Gasteiger partial charge in [-0.05, 0) is 44.0 Å². The number of rotatable bonds is 3. The smallest absolute Gasteiger partial charge is 0.0994 e. The molecule has 0 radical (unpaired) electrons. The molecular formula is C16H22N4. The van der Waals surface area contributed by atoms with Crippen LogP contribution in [-0.2, 0) is 0 Å². The first-order chi connectivity index (χ1) is 9.66. The second-order valence-corrected chi connectivity index (χ2v) is 5.70. The zero-order chi connectivity index (χ0) is 14.1. The standard InChI is InChI=1S/C16H22N4/c1-12-6-7-13(9-15(12)19(2)3)20-11-17-10-16(20)14-5-4-8-18-14/h6-7,9-11,14,18H,4-5,8H2,1-3H3/t14-/m0/s1. The Balaban J connectivity index is 2.01. The van der Waals surface area contributed by atoms with E-state index in [1.54, 1.807) is 0 Å². The highest BCUT2D eigenvalue weighted by Gasteiger charge is 2.20. The lowest BCUT2D eigenvalue weighted by Gasteiger charge is -2.19. The van der Waals surface area contributed by atoms with Gasteiger partial charge in [0.1, 0.15) is 0 Å². The lowest BCUT2D eigenvalue weighted by molar-refractivity contribution is 0.615. The van der Waals surface area contributed by atoms with Crippen molar-refractivity contribution < 1.29 is 0 Å². The summed E-state index contributed by atoms with van der Waals surface area (Å²) in [6, 6.07) is 7.01. The SMILES string of the molecule is Cc1ccc(-n2cncc2[C@@H]2CCCN2)cc1N(C)C. The lowest BCUT2D eigenvalue weighted by atomic mass is 10.1. The molecule has 1 atom stereocenters. The summed E-state index contributed by atoms with van der Waals surface area (Å²) in [5, 5.41) is 3.55. The number of hydrogen-bond acceptors (Lipinski definition) is 3. The third-order valence-electron chi connectivity index (χ3n) is 4.04. The molecule has 2 heterocycles. The molecule has 1 aromatic heterocycles. The van der Waals surface area contributed by atoms with Crippen LogP contribution in [0.3, 0.4) is 0 Å². The number of benzene rings is 1. The fourth-order valence-corrected chi connectivity index (χ4v) is 2.95. The van der Waals surface area contributed by atoms with Gasteiger partial charge < -0.3 is 14.8 Å². The molecule has 1 aromatic carbocycles. The first kappa shape index (κ1) is 13.2. The van der Waals surface area contributed by atoms with E-state index in [2.05, 4.69) is 59.0 Å². The molecule has 0 bridgehead atoms. The molecule has 1 aliphatic heterocycles. The van der Waals surface area contributed by atoms with Gasteiger partial charge in [-0.1, -0.05) is 6.07 Å². The van der Waals surface area contributed by atoms with Crippen molar-refractivity contribution in [1.29, 1.82) is 0 Å². The van der Waals surface area contributed by atoms with E-state index in [0.29, 0.717) is 6.04 Å². The van der Waals surface area contributed by atoms with E-state index in [9.17, 15) is 0 Å². The van der Waals surface area contributed by atoms with Gasteiger partial charge in [-0.15, -0.1) is 0 Å². The maximum absolute atomic E-state index is 4.35. The van der Waals surface area contributed by atoms with E-state index in [4.69, 9.17) is 0 Å². The van der Waals surface area contributed by atoms with Crippen LogP contribution in [0.2, 0.25) is 0 Å². The molecule has 0 saturated carbocycles. The predicted octanol–water partition coefficient (Wildman–Crippen LogP) is 2.67. The van der Waals surface area contributed by atoms with Gasteiger partial charge in [0, 0.05) is 31.5 Å². The van der Waals surface area contributed by atoms with Gasteiger partial charge >= 0.3 is 0 Å². The Morgan fingerprint density at radius 3 is 2.90 bits per heavy atom. The zero-order valence-electron chi connectivity index (χ0n) is 12.4. The van der Waals surface area contributed by atoms with Gasteiger partial charge in [0.25, 0.3) is 0 Å². The summed E-state index contributed by atoms with van der Waals surface area (Å²) in [6.07, 6.45) is 6.34. The summed E-state index contributed by atoms with van der Waals surface area (Å²) in [4.78, 5) is 6.51. The fourth-order valence-electron chi connectivity index (χ4n) is 2.95. The quantitative estimate of drug-likeness (QED) is 0.931. The molecule has 4 nitrogen and oxygen atoms in total. The summed E-state index contributed by atoms with van der Waals surface area (Å²) in [7, 11) is 4.17. The predicted molar refractivity (Wildman–Crippen MR) is 82.6 cm³/mol. The highest BCUT2D eigenvalue weighted by Crippen LogP contribution is 2.27. The van der Waals surface area contributed by atoms with E-state index in [1.807, 2.05) is 12.5 Å². The summed E-state index contributed by atoms with van der Waals surface area (Å²) in [5.74, 6) is 0. The van der Waals surface area contributed by atoms with Crippen molar-refractivity contribution >= 4 is 5.69 Å². The Bertz CT molecular complexity index is 594. The van der Waals surface area contributed by atoms with Crippen LogP contribution in [0, 0.1) is 6.92 Å². The molecule has 1 N–H and O–H groups in total. The molecule has 3 rings (SSSR count). The Kier molecular flexibility index (Phi) is 3.49. The van der Waals surface area contributed by atoms with Crippen LogP contribution in [0.15, 0.2) is 30.7 Å². The molecule has 0 aliphatic carbocycles. The van der Waals surface area contributed by atoms with E-state index in [0.717, 1.165) is 6.54 Å². The summed E-state index contributed by atoms with van der Waals surface area (Å²) in [5.41, 5.74) is 4.98. The number of aromatic nitrogens is 2. The van der Waals surface area contributed by atoms with Crippen LogP contribution < -0.4 is 10.2 Å². The molecular weight excluding hydrogens is 248 g/mol. The van der Waals surface area contributed by atoms with Gasteiger partial charge in [0.05, 0.1) is 18.2 Å². The van der Waals surface area contributed by atoms with E-state index in [-0.39, 0.29) is 0 Å². The Morgan fingerprint density at radius 2 is 2.20 bits per heavy atom. The minimum atomic E-state index is 0.432. The molecule has 106 valence electrons. The van der Waals surface area contributed by atoms with Crippen molar-refractivity contribution in [3.05, 3.63) is 42.0 Å². The maximum Gasteiger partial charge on any atom is 0.0994 e. The van der Waals surface area contributed by atoms with Gasteiger partial charge in [-0.25, -0.2) is 4.98 Å². The van der Waals surface area contributed by atoms with Crippen LogP contribution in [0.1, 0.15) is 30.1 Å². The van der Waals surface area contributed by atoms with Crippen molar-refractivity contribution in [3.8, 4) is 5.69 Å². The third-order valence-corrected chi connectivity index (χ3v) is 4.04. The number of anilines is 1. The Morgan fingerprint density at radius 1 is 1.35 bits per heavy atom. The minimum Gasteiger partial charge on any atom is -0.377 e. The molecule has 0 amide bonds. The first-order valence-electron chi connectivity index (χ1n) is 7.21. The van der Waals surface area contributed by atoms with Gasteiger partial charge in [-0.2, -0.15) is 0 Å². The van der Waals surface area contributed by atoms with Crippen LogP contribution in [-0.4, -0.2) is 30.2 Å². The minimum absolute atomic E-state index is 0.432. The van der Waals surface area contributed by atoms with Crippen LogP contribution in [0.5, 0.6) is 0 Å². The van der Waals surface area contributed by atoms with E-state index < -0.39 is 0 Å². The van der Waals surface area contributed by atoms with Crippen molar-refractivity contribution in [2.45, 2.75) is 25.8 Å². The van der Waals surface area contributed by atoms with E-state index in [1.165, 1.54) is 35.5 Å². The molecule has 1 aliphatic rings. The molecule has 4 heteroatoms. The van der Waals surface area contributed by atoms with Gasteiger partial charge in [0.15, 0.2) is 0 Å². The first-order valence-corrected chi connectivity index (χ1v) is 7.21. The number of nitrogens with one attached hydrogen (secondary N) is 1. The number of hydrogen-bond donors (Lipinski definition) is 1. The number of aryl methyl sites for hydroxylation is 1. The van der Waals surface area contributed by atoms with E-state index >= 15 is 0 Å². The second kappa shape index (κ2) is 5.29. The molecule has 2 aromatic rings. The zero-order valence-corrected chi connectivity index (χ0v) is 12.4. The third kappa shape index (κ3) is 2.31. The summed E-state index contributed by atoms with van der Waals surface area (Å²) in [6.45, 7) is 3.25. The number of imidazole rings is 1. The molecule has 0 unspecified atom stereocenters.